The molecule has 3 unspecified atom stereocenters. The summed E-state index contributed by atoms with van der Waals surface area (Å²) in [4.78, 5) is 0.181. The van der Waals surface area contributed by atoms with Crippen LogP contribution in [0.2, 0.25) is 0 Å². The molecule has 0 spiro atoms. The second kappa shape index (κ2) is 6.44. The van der Waals surface area contributed by atoms with Crippen molar-refractivity contribution >= 4 is 10.0 Å². The van der Waals surface area contributed by atoms with Crippen LogP contribution in [-0.4, -0.2) is 42.1 Å². The summed E-state index contributed by atoms with van der Waals surface area (Å²) >= 11 is 0. The van der Waals surface area contributed by atoms with Crippen molar-refractivity contribution in [2.45, 2.75) is 43.7 Å². The highest BCUT2D eigenvalue weighted by Gasteiger charge is 2.39. The van der Waals surface area contributed by atoms with Crippen molar-refractivity contribution in [1.82, 2.24) is 4.31 Å². The van der Waals surface area contributed by atoms with E-state index in [2.05, 4.69) is 0 Å². The third-order valence-corrected chi connectivity index (χ3v) is 6.18. The number of benzene rings is 1. The number of aliphatic hydroxyl groups is 2. The molecule has 1 saturated heterocycles. The minimum absolute atomic E-state index is 0.147. The predicted molar refractivity (Wildman–Crippen MR) is 80.2 cm³/mol. The molecule has 0 amide bonds. The van der Waals surface area contributed by atoms with E-state index < -0.39 is 16.1 Å². The lowest BCUT2D eigenvalue weighted by Crippen LogP contribution is -2.39. The van der Waals surface area contributed by atoms with E-state index in [0.717, 1.165) is 6.42 Å². The molecule has 118 valence electrons. The van der Waals surface area contributed by atoms with E-state index in [1.54, 1.807) is 18.2 Å². The van der Waals surface area contributed by atoms with Crippen molar-refractivity contribution in [3.8, 4) is 0 Å². The summed E-state index contributed by atoms with van der Waals surface area (Å²) in [5.74, 6) is 0.147. The maximum Gasteiger partial charge on any atom is 0.243 e. The number of hydrogen-bond donors (Lipinski definition) is 2. The first kappa shape index (κ1) is 16.4. The number of hydrogen-bond acceptors (Lipinski definition) is 4. The van der Waals surface area contributed by atoms with Gasteiger partial charge in [-0.05, 0) is 36.5 Å². The molecule has 1 aromatic carbocycles. The molecule has 5 nitrogen and oxygen atoms in total. The first-order valence-corrected chi connectivity index (χ1v) is 8.76. The summed E-state index contributed by atoms with van der Waals surface area (Å²) < 4.78 is 26.9. The molecule has 2 rings (SSSR count). The Morgan fingerprint density at radius 3 is 2.76 bits per heavy atom. The topological polar surface area (TPSA) is 77.8 Å². The van der Waals surface area contributed by atoms with Crippen LogP contribution >= 0.6 is 0 Å². The van der Waals surface area contributed by atoms with Gasteiger partial charge in [0.1, 0.15) is 0 Å². The smallest absolute Gasteiger partial charge is 0.243 e. The number of sulfonamides is 1. The Bertz CT molecular complexity index is 587. The van der Waals surface area contributed by atoms with Crippen LogP contribution in [0.25, 0.3) is 0 Å². The van der Waals surface area contributed by atoms with Gasteiger partial charge in [-0.25, -0.2) is 8.42 Å². The highest BCUT2D eigenvalue weighted by Crippen LogP contribution is 2.30. The zero-order chi connectivity index (χ0) is 15.6. The Labute approximate surface area is 126 Å². The highest BCUT2D eigenvalue weighted by molar-refractivity contribution is 7.89. The Balaban J connectivity index is 2.36. The first-order valence-electron chi connectivity index (χ1n) is 7.32. The van der Waals surface area contributed by atoms with Gasteiger partial charge in [-0.15, -0.1) is 0 Å². The summed E-state index contributed by atoms with van der Waals surface area (Å²) in [6, 6.07) is 6.08. The van der Waals surface area contributed by atoms with Gasteiger partial charge < -0.3 is 10.2 Å². The van der Waals surface area contributed by atoms with Crippen LogP contribution < -0.4 is 0 Å². The van der Waals surface area contributed by atoms with Crippen molar-refractivity contribution < 1.29 is 18.6 Å². The second-order valence-electron chi connectivity index (χ2n) is 5.63. The van der Waals surface area contributed by atoms with E-state index >= 15 is 0 Å². The Hall–Kier alpha value is -0.950. The van der Waals surface area contributed by atoms with Crippen LogP contribution in [0.15, 0.2) is 29.2 Å². The number of aliphatic hydroxyl groups excluding tert-OH is 2. The van der Waals surface area contributed by atoms with Crippen molar-refractivity contribution in [3.05, 3.63) is 29.8 Å². The molecule has 0 saturated carbocycles. The van der Waals surface area contributed by atoms with Gasteiger partial charge in [0.15, 0.2) is 0 Å². The van der Waals surface area contributed by atoms with E-state index in [-0.39, 0.29) is 23.5 Å². The summed E-state index contributed by atoms with van der Waals surface area (Å²) in [5.41, 5.74) is 0.603. The van der Waals surface area contributed by atoms with Gasteiger partial charge in [-0.2, -0.15) is 4.31 Å². The minimum Gasteiger partial charge on any atom is -0.395 e. The van der Waals surface area contributed by atoms with Crippen molar-refractivity contribution in [2.24, 2.45) is 5.92 Å². The van der Waals surface area contributed by atoms with Gasteiger partial charge in [-0.1, -0.05) is 26.0 Å². The van der Waals surface area contributed by atoms with Crippen LogP contribution in [0, 0.1) is 5.92 Å². The van der Waals surface area contributed by atoms with Gasteiger partial charge in [0.2, 0.25) is 10.0 Å². The summed E-state index contributed by atoms with van der Waals surface area (Å²) in [6.07, 6.45) is 0.622. The molecule has 1 aromatic rings. The number of rotatable bonds is 5. The molecule has 0 aliphatic carbocycles. The Morgan fingerprint density at radius 2 is 2.14 bits per heavy atom. The lowest BCUT2D eigenvalue weighted by atomic mass is 10.0. The third kappa shape index (κ3) is 3.13. The van der Waals surface area contributed by atoms with E-state index in [1.807, 2.05) is 13.8 Å². The molecule has 3 atom stereocenters. The lowest BCUT2D eigenvalue weighted by molar-refractivity contribution is 0.173. The summed E-state index contributed by atoms with van der Waals surface area (Å²) in [5, 5.41) is 19.3. The van der Waals surface area contributed by atoms with Crippen molar-refractivity contribution in [3.63, 3.8) is 0 Å². The molecule has 21 heavy (non-hydrogen) atoms. The minimum atomic E-state index is -3.63. The van der Waals surface area contributed by atoms with Crippen LogP contribution in [0.1, 0.15) is 38.4 Å². The monoisotopic (exact) mass is 313 g/mol. The van der Waals surface area contributed by atoms with Crippen molar-refractivity contribution in [2.75, 3.05) is 13.2 Å². The fourth-order valence-electron chi connectivity index (χ4n) is 2.80. The standard InChI is InChI=1S/C15H23NO4S/c1-3-15(18)12-5-4-6-13(9-12)21(19,20)16-8-7-11(2)14(16)10-17/h4-6,9,11,14-15,17-18H,3,7-8,10H2,1-2H3. The van der Waals surface area contributed by atoms with E-state index in [1.165, 1.54) is 10.4 Å². The number of nitrogens with zero attached hydrogens (tertiary/aromatic N) is 1. The van der Waals surface area contributed by atoms with Crippen LogP contribution in [0.4, 0.5) is 0 Å². The van der Waals surface area contributed by atoms with E-state index in [9.17, 15) is 18.6 Å². The molecule has 0 radical (unpaired) electrons. The summed E-state index contributed by atoms with van der Waals surface area (Å²) in [6.45, 7) is 4.05. The van der Waals surface area contributed by atoms with Crippen LogP contribution in [-0.2, 0) is 10.0 Å². The first-order chi connectivity index (χ1) is 9.91. The Kier molecular flexibility index (Phi) is 5.03. The summed E-state index contributed by atoms with van der Waals surface area (Å²) in [7, 11) is -3.63. The molecular weight excluding hydrogens is 290 g/mol. The molecule has 1 heterocycles. The average Bonchev–Trinajstić information content (AvgIpc) is 2.88. The van der Waals surface area contributed by atoms with Crippen LogP contribution in [0.3, 0.4) is 0 Å². The molecule has 1 aliphatic heterocycles. The molecule has 0 bridgehead atoms. The maximum absolute atomic E-state index is 12.7. The average molecular weight is 313 g/mol. The van der Waals surface area contributed by atoms with Gasteiger partial charge >= 0.3 is 0 Å². The predicted octanol–water partition coefficient (Wildman–Crippen LogP) is 1.52. The second-order valence-corrected chi connectivity index (χ2v) is 7.52. The molecule has 2 N–H and O–H groups in total. The van der Waals surface area contributed by atoms with Crippen LogP contribution in [0.5, 0.6) is 0 Å². The van der Waals surface area contributed by atoms with E-state index in [0.29, 0.717) is 18.5 Å². The zero-order valence-electron chi connectivity index (χ0n) is 12.4. The largest absolute Gasteiger partial charge is 0.395 e. The fourth-order valence-corrected chi connectivity index (χ4v) is 4.58. The van der Waals surface area contributed by atoms with Gasteiger partial charge in [0.25, 0.3) is 0 Å². The normalized spacial score (nSPS) is 25.1. The van der Waals surface area contributed by atoms with Crippen molar-refractivity contribution in [1.29, 1.82) is 0 Å². The quantitative estimate of drug-likeness (QED) is 0.864. The molecule has 6 heteroatoms. The molecule has 1 fully saturated rings. The molecular formula is C15H23NO4S. The van der Waals surface area contributed by atoms with Gasteiger partial charge in [-0.3, -0.25) is 0 Å². The Morgan fingerprint density at radius 1 is 1.43 bits per heavy atom. The third-order valence-electron chi connectivity index (χ3n) is 4.25. The lowest BCUT2D eigenvalue weighted by Gasteiger charge is -2.25. The van der Waals surface area contributed by atoms with Gasteiger partial charge in [0.05, 0.1) is 23.6 Å². The zero-order valence-corrected chi connectivity index (χ0v) is 13.3. The highest BCUT2D eigenvalue weighted by atomic mass is 32.2. The molecule has 1 aliphatic rings. The molecule has 0 aromatic heterocycles. The maximum atomic E-state index is 12.7. The van der Waals surface area contributed by atoms with E-state index in [4.69, 9.17) is 0 Å². The van der Waals surface area contributed by atoms with Gasteiger partial charge in [0, 0.05) is 6.54 Å². The SMILES string of the molecule is CCC(O)c1cccc(S(=O)(=O)N2CCC(C)C2CO)c1. The fraction of sp³-hybridized carbons (Fsp3) is 0.600.